The fourth-order valence-electron chi connectivity index (χ4n) is 2.67. The zero-order valence-electron chi connectivity index (χ0n) is 11.9. The average molecular weight is 305 g/mol. The van der Waals surface area contributed by atoms with Crippen LogP contribution in [0.25, 0.3) is 10.9 Å². The van der Waals surface area contributed by atoms with Crippen molar-refractivity contribution in [3.63, 3.8) is 0 Å². The van der Waals surface area contributed by atoms with Gasteiger partial charge in [0.1, 0.15) is 5.15 Å². The van der Waals surface area contributed by atoms with Gasteiger partial charge in [0, 0.05) is 18.5 Å². The zero-order chi connectivity index (χ0) is 14.9. The molecule has 1 aliphatic rings. The maximum atomic E-state index is 12.5. The average Bonchev–Trinajstić information content (AvgIpc) is 2.91. The number of nitrogens with zero attached hydrogens (tertiary/aromatic N) is 1. The third kappa shape index (κ3) is 3.01. The standard InChI is InChI=1S/C16H17ClN2O2/c1-16(7-4-8-21-16)10-18-15(20)12-9-14(17)19-13-6-3-2-5-11(12)13/h2-3,5-6,9H,4,7-8,10H2,1H3,(H,18,20). The minimum atomic E-state index is -0.262. The van der Waals surface area contributed by atoms with E-state index in [0.717, 1.165) is 30.4 Å². The number of carbonyl (C=O) groups excluding carboxylic acids is 1. The van der Waals surface area contributed by atoms with Crippen molar-refractivity contribution in [2.24, 2.45) is 0 Å². The molecule has 2 heterocycles. The minimum Gasteiger partial charge on any atom is -0.373 e. The van der Waals surface area contributed by atoms with Crippen LogP contribution in [0.1, 0.15) is 30.1 Å². The molecule has 5 heteroatoms. The highest BCUT2D eigenvalue weighted by molar-refractivity contribution is 6.30. The summed E-state index contributed by atoms with van der Waals surface area (Å²) < 4.78 is 5.68. The molecule has 4 nitrogen and oxygen atoms in total. The molecule has 1 aliphatic heterocycles. The molecule has 1 N–H and O–H groups in total. The van der Waals surface area contributed by atoms with Gasteiger partial charge < -0.3 is 10.1 Å². The SMILES string of the molecule is CC1(CNC(=O)c2cc(Cl)nc3ccccc23)CCCO1. The number of para-hydroxylation sites is 1. The largest absolute Gasteiger partial charge is 0.373 e. The lowest BCUT2D eigenvalue weighted by molar-refractivity contribution is 0.0206. The summed E-state index contributed by atoms with van der Waals surface area (Å²) in [6, 6.07) is 9.09. The lowest BCUT2D eigenvalue weighted by Gasteiger charge is -2.23. The quantitative estimate of drug-likeness (QED) is 0.886. The van der Waals surface area contributed by atoms with Crippen molar-refractivity contribution in [2.45, 2.75) is 25.4 Å². The maximum Gasteiger partial charge on any atom is 0.252 e. The van der Waals surface area contributed by atoms with Gasteiger partial charge in [-0.3, -0.25) is 4.79 Å². The Morgan fingerprint density at radius 3 is 3.05 bits per heavy atom. The molecule has 1 saturated heterocycles. The summed E-state index contributed by atoms with van der Waals surface area (Å²) in [4.78, 5) is 16.7. The number of carbonyl (C=O) groups is 1. The molecular weight excluding hydrogens is 288 g/mol. The summed E-state index contributed by atoms with van der Waals surface area (Å²) in [5.74, 6) is -0.146. The highest BCUT2D eigenvalue weighted by Crippen LogP contribution is 2.25. The van der Waals surface area contributed by atoms with E-state index in [2.05, 4.69) is 10.3 Å². The molecule has 0 radical (unpaired) electrons. The first-order valence-corrected chi connectivity index (χ1v) is 7.43. The van der Waals surface area contributed by atoms with Gasteiger partial charge in [0.15, 0.2) is 0 Å². The van der Waals surface area contributed by atoms with E-state index in [9.17, 15) is 4.79 Å². The highest BCUT2D eigenvalue weighted by Gasteiger charge is 2.30. The minimum absolute atomic E-state index is 0.146. The summed E-state index contributed by atoms with van der Waals surface area (Å²) in [5, 5.41) is 4.07. The Morgan fingerprint density at radius 2 is 2.29 bits per heavy atom. The van der Waals surface area contributed by atoms with Crippen LogP contribution in [-0.2, 0) is 4.74 Å². The molecule has 0 spiro atoms. The molecular formula is C16H17ClN2O2. The Bertz CT molecular complexity index is 681. The second-order valence-electron chi connectivity index (χ2n) is 5.59. The first-order chi connectivity index (χ1) is 10.1. The second-order valence-corrected chi connectivity index (χ2v) is 5.98. The van der Waals surface area contributed by atoms with Crippen LogP contribution in [0.4, 0.5) is 0 Å². The normalized spacial score (nSPS) is 21.6. The van der Waals surface area contributed by atoms with Crippen molar-refractivity contribution in [3.05, 3.63) is 41.0 Å². The molecule has 1 unspecified atom stereocenters. The predicted molar refractivity (Wildman–Crippen MR) is 82.7 cm³/mol. The first-order valence-electron chi connectivity index (χ1n) is 7.05. The molecule has 110 valence electrons. The predicted octanol–water partition coefficient (Wildman–Crippen LogP) is 3.19. The van der Waals surface area contributed by atoms with Crippen LogP contribution in [-0.4, -0.2) is 29.6 Å². The van der Waals surface area contributed by atoms with E-state index in [0.29, 0.717) is 17.3 Å². The number of hydrogen-bond donors (Lipinski definition) is 1. The fourth-order valence-corrected chi connectivity index (χ4v) is 2.87. The first kappa shape index (κ1) is 14.3. The summed E-state index contributed by atoms with van der Waals surface area (Å²) >= 11 is 6.01. The van der Waals surface area contributed by atoms with Crippen molar-refractivity contribution in [1.29, 1.82) is 0 Å². The van der Waals surface area contributed by atoms with Crippen molar-refractivity contribution >= 4 is 28.4 Å². The van der Waals surface area contributed by atoms with E-state index in [-0.39, 0.29) is 11.5 Å². The number of benzene rings is 1. The fraction of sp³-hybridized carbons (Fsp3) is 0.375. The van der Waals surface area contributed by atoms with Gasteiger partial charge in [-0.2, -0.15) is 0 Å². The van der Waals surface area contributed by atoms with Gasteiger partial charge in [-0.1, -0.05) is 29.8 Å². The molecule has 21 heavy (non-hydrogen) atoms. The maximum absolute atomic E-state index is 12.5. The van der Waals surface area contributed by atoms with Gasteiger partial charge in [0.05, 0.1) is 16.7 Å². The number of halogens is 1. The van der Waals surface area contributed by atoms with Crippen molar-refractivity contribution in [2.75, 3.05) is 13.2 Å². The van der Waals surface area contributed by atoms with Crippen LogP contribution in [0.15, 0.2) is 30.3 Å². The van der Waals surface area contributed by atoms with E-state index in [1.165, 1.54) is 0 Å². The molecule has 2 aromatic rings. The lowest BCUT2D eigenvalue weighted by Crippen LogP contribution is -2.40. The van der Waals surface area contributed by atoms with E-state index in [1.807, 2.05) is 31.2 Å². The van der Waals surface area contributed by atoms with Gasteiger partial charge in [0.2, 0.25) is 0 Å². The van der Waals surface area contributed by atoms with Crippen LogP contribution in [0.3, 0.4) is 0 Å². The zero-order valence-corrected chi connectivity index (χ0v) is 12.6. The van der Waals surface area contributed by atoms with E-state index in [1.54, 1.807) is 6.07 Å². The van der Waals surface area contributed by atoms with E-state index >= 15 is 0 Å². The Balaban J connectivity index is 1.84. The van der Waals surface area contributed by atoms with Crippen molar-refractivity contribution in [3.8, 4) is 0 Å². The van der Waals surface area contributed by atoms with Gasteiger partial charge in [-0.15, -0.1) is 0 Å². The van der Waals surface area contributed by atoms with Gasteiger partial charge in [-0.25, -0.2) is 4.98 Å². The summed E-state index contributed by atoms with van der Waals surface area (Å²) in [6.45, 7) is 3.29. The number of fused-ring (bicyclic) bond motifs is 1. The second kappa shape index (κ2) is 5.62. The van der Waals surface area contributed by atoms with Crippen LogP contribution in [0.2, 0.25) is 5.15 Å². The summed E-state index contributed by atoms with van der Waals surface area (Å²) in [7, 11) is 0. The Morgan fingerprint density at radius 1 is 1.48 bits per heavy atom. The number of hydrogen-bond acceptors (Lipinski definition) is 3. The summed E-state index contributed by atoms with van der Waals surface area (Å²) in [6.07, 6.45) is 2.00. The molecule has 1 fully saturated rings. The monoisotopic (exact) mass is 304 g/mol. The van der Waals surface area contributed by atoms with Crippen LogP contribution in [0, 0.1) is 0 Å². The third-order valence-corrected chi connectivity index (χ3v) is 4.05. The van der Waals surface area contributed by atoms with Crippen molar-refractivity contribution in [1.82, 2.24) is 10.3 Å². The van der Waals surface area contributed by atoms with Crippen LogP contribution < -0.4 is 5.32 Å². The third-order valence-electron chi connectivity index (χ3n) is 3.85. The Kier molecular flexibility index (Phi) is 3.83. The molecule has 1 amide bonds. The van der Waals surface area contributed by atoms with E-state index in [4.69, 9.17) is 16.3 Å². The van der Waals surface area contributed by atoms with Crippen LogP contribution >= 0.6 is 11.6 Å². The van der Waals surface area contributed by atoms with Crippen molar-refractivity contribution < 1.29 is 9.53 Å². The topological polar surface area (TPSA) is 51.2 Å². The highest BCUT2D eigenvalue weighted by atomic mass is 35.5. The number of amides is 1. The number of ether oxygens (including phenoxy) is 1. The molecule has 1 aromatic carbocycles. The number of rotatable bonds is 3. The Labute approximate surface area is 128 Å². The van der Waals surface area contributed by atoms with Crippen LogP contribution in [0.5, 0.6) is 0 Å². The molecule has 1 atom stereocenters. The lowest BCUT2D eigenvalue weighted by atomic mass is 10.0. The smallest absolute Gasteiger partial charge is 0.252 e. The Hall–Kier alpha value is -1.65. The number of pyridine rings is 1. The molecule has 0 aliphatic carbocycles. The van der Waals surface area contributed by atoms with Gasteiger partial charge >= 0.3 is 0 Å². The van der Waals surface area contributed by atoms with Gasteiger partial charge in [0.25, 0.3) is 5.91 Å². The van der Waals surface area contributed by atoms with Gasteiger partial charge in [-0.05, 0) is 31.9 Å². The molecule has 0 bridgehead atoms. The summed E-state index contributed by atoms with van der Waals surface area (Å²) in [5.41, 5.74) is 1.01. The molecule has 3 rings (SSSR count). The number of nitrogens with one attached hydrogen (secondary N) is 1. The number of aromatic nitrogens is 1. The molecule has 1 aromatic heterocycles. The molecule has 0 saturated carbocycles. The van der Waals surface area contributed by atoms with E-state index < -0.39 is 0 Å².